The summed E-state index contributed by atoms with van der Waals surface area (Å²) in [6, 6.07) is 3.10. The van der Waals surface area contributed by atoms with Crippen LogP contribution in [-0.2, 0) is 4.79 Å². The zero-order valence-corrected chi connectivity index (χ0v) is 10.9. The van der Waals surface area contributed by atoms with Crippen molar-refractivity contribution in [2.75, 3.05) is 18.4 Å². The first-order valence-electron chi connectivity index (χ1n) is 5.80. The number of anilines is 1. The molecule has 0 aliphatic carbocycles. The average Bonchev–Trinajstić information content (AvgIpc) is 2.76. The molecule has 0 aromatic heterocycles. The molecular weight excluding hydrogens is 300 g/mol. The Morgan fingerprint density at radius 2 is 2.05 bits per heavy atom. The van der Waals surface area contributed by atoms with Gasteiger partial charge in [0.1, 0.15) is 5.82 Å². The predicted octanol–water partition coefficient (Wildman–Crippen LogP) is 2.96. The lowest BCUT2D eigenvalue weighted by Gasteiger charge is -2.29. The van der Waals surface area contributed by atoms with E-state index in [1.165, 1.54) is 6.07 Å². The van der Waals surface area contributed by atoms with E-state index in [9.17, 15) is 22.4 Å². The van der Waals surface area contributed by atoms with Crippen LogP contribution in [0.3, 0.4) is 0 Å². The molecular formula is C12H11ClF4N2O. The number of alkyl halides is 3. The molecule has 0 bridgehead atoms. The summed E-state index contributed by atoms with van der Waals surface area (Å²) in [5.41, 5.74) is -2.60. The highest BCUT2D eigenvalue weighted by Crippen LogP contribution is 2.43. The van der Waals surface area contributed by atoms with E-state index in [1.54, 1.807) is 0 Å². The molecule has 20 heavy (non-hydrogen) atoms. The van der Waals surface area contributed by atoms with Crippen molar-refractivity contribution in [2.24, 2.45) is 5.41 Å². The lowest BCUT2D eigenvalue weighted by atomic mass is 9.85. The second kappa shape index (κ2) is 5.21. The number of hydrogen-bond donors (Lipinski definition) is 2. The molecule has 2 rings (SSSR count). The van der Waals surface area contributed by atoms with Gasteiger partial charge in [-0.3, -0.25) is 4.79 Å². The van der Waals surface area contributed by atoms with E-state index in [0.29, 0.717) is 0 Å². The van der Waals surface area contributed by atoms with Crippen LogP contribution in [-0.4, -0.2) is 25.2 Å². The lowest BCUT2D eigenvalue weighted by Crippen LogP contribution is -2.49. The van der Waals surface area contributed by atoms with Crippen molar-refractivity contribution in [3.63, 3.8) is 0 Å². The number of amides is 1. The van der Waals surface area contributed by atoms with Crippen LogP contribution >= 0.6 is 11.6 Å². The summed E-state index contributed by atoms with van der Waals surface area (Å²) < 4.78 is 52.5. The van der Waals surface area contributed by atoms with Crippen LogP contribution in [0.2, 0.25) is 5.02 Å². The molecule has 0 saturated carbocycles. The van der Waals surface area contributed by atoms with Crippen LogP contribution in [0.4, 0.5) is 23.2 Å². The molecule has 1 amide bonds. The highest BCUT2D eigenvalue weighted by atomic mass is 35.5. The number of nitrogens with one attached hydrogen (secondary N) is 2. The Morgan fingerprint density at radius 3 is 2.55 bits per heavy atom. The van der Waals surface area contributed by atoms with Crippen molar-refractivity contribution in [3.05, 3.63) is 29.0 Å². The molecule has 2 N–H and O–H groups in total. The van der Waals surface area contributed by atoms with Crippen LogP contribution in [0.5, 0.6) is 0 Å². The quantitative estimate of drug-likeness (QED) is 0.825. The summed E-state index contributed by atoms with van der Waals surface area (Å²) in [5, 5.41) is 4.61. The fraction of sp³-hybridized carbons (Fsp3) is 0.417. The molecule has 1 saturated heterocycles. The summed E-state index contributed by atoms with van der Waals surface area (Å²) in [5.74, 6) is -1.95. The molecule has 1 aromatic rings. The third-order valence-corrected chi connectivity index (χ3v) is 3.47. The predicted molar refractivity (Wildman–Crippen MR) is 66.0 cm³/mol. The average molecular weight is 311 g/mol. The number of carbonyl (C=O) groups excluding carboxylic acids is 1. The van der Waals surface area contributed by atoms with Gasteiger partial charge in [0, 0.05) is 17.3 Å². The minimum atomic E-state index is -4.68. The van der Waals surface area contributed by atoms with Gasteiger partial charge >= 0.3 is 6.18 Å². The summed E-state index contributed by atoms with van der Waals surface area (Å²) in [7, 11) is 0. The Hall–Kier alpha value is -1.34. The molecule has 1 aliphatic rings. The Morgan fingerprint density at radius 1 is 1.35 bits per heavy atom. The monoisotopic (exact) mass is 310 g/mol. The summed E-state index contributed by atoms with van der Waals surface area (Å²) in [4.78, 5) is 12.0. The van der Waals surface area contributed by atoms with Crippen molar-refractivity contribution in [1.82, 2.24) is 5.32 Å². The maximum absolute atomic E-state index is 13.1. The van der Waals surface area contributed by atoms with Gasteiger partial charge in [0.25, 0.3) is 0 Å². The molecule has 110 valence electrons. The summed E-state index contributed by atoms with van der Waals surface area (Å²) >= 11 is 5.59. The minimum absolute atomic E-state index is 0.00842. The van der Waals surface area contributed by atoms with Gasteiger partial charge in [-0.1, -0.05) is 11.6 Å². The number of carbonyl (C=O) groups is 1. The van der Waals surface area contributed by atoms with E-state index in [0.717, 1.165) is 12.1 Å². The normalized spacial score (nSPS) is 22.9. The van der Waals surface area contributed by atoms with Crippen molar-refractivity contribution >= 4 is 23.2 Å². The van der Waals surface area contributed by atoms with Crippen molar-refractivity contribution < 1.29 is 22.4 Å². The topological polar surface area (TPSA) is 41.1 Å². The van der Waals surface area contributed by atoms with Gasteiger partial charge in [-0.15, -0.1) is 0 Å². The molecule has 1 unspecified atom stereocenters. The van der Waals surface area contributed by atoms with Gasteiger partial charge in [-0.25, -0.2) is 4.39 Å². The zero-order valence-electron chi connectivity index (χ0n) is 10.2. The first-order chi connectivity index (χ1) is 9.24. The van der Waals surface area contributed by atoms with E-state index in [2.05, 4.69) is 10.6 Å². The van der Waals surface area contributed by atoms with Gasteiger partial charge in [-0.05, 0) is 31.2 Å². The fourth-order valence-corrected chi connectivity index (χ4v) is 2.35. The molecule has 0 radical (unpaired) electrons. The molecule has 8 heteroatoms. The van der Waals surface area contributed by atoms with Crippen molar-refractivity contribution in [1.29, 1.82) is 0 Å². The number of benzene rings is 1. The van der Waals surface area contributed by atoms with E-state index < -0.39 is 29.9 Å². The summed E-state index contributed by atoms with van der Waals surface area (Å²) in [6.07, 6.45) is -5.04. The van der Waals surface area contributed by atoms with E-state index in [4.69, 9.17) is 11.6 Å². The summed E-state index contributed by atoms with van der Waals surface area (Å²) in [6.45, 7) is -0.401. The zero-order chi connectivity index (χ0) is 15.0. The second-order valence-electron chi connectivity index (χ2n) is 4.62. The molecule has 1 heterocycles. The van der Waals surface area contributed by atoms with E-state index in [-0.39, 0.29) is 23.7 Å². The highest BCUT2D eigenvalue weighted by molar-refractivity contribution is 6.30. The molecule has 3 nitrogen and oxygen atoms in total. The van der Waals surface area contributed by atoms with Gasteiger partial charge in [0.2, 0.25) is 5.91 Å². The maximum Gasteiger partial charge on any atom is 0.404 e. The van der Waals surface area contributed by atoms with Crippen LogP contribution in [0.1, 0.15) is 6.42 Å². The molecule has 1 aliphatic heterocycles. The van der Waals surface area contributed by atoms with Gasteiger partial charge in [-0.2, -0.15) is 13.2 Å². The second-order valence-corrected chi connectivity index (χ2v) is 5.06. The van der Waals surface area contributed by atoms with Crippen LogP contribution < -0.4 is 10.6 Å². The number of hydrogen-bond acceptors (Lipinski definition) is 2. The van der Waals surface area contributed by atoms with Crippen LogP contribution in [0, 0.1) is 11.2 Å². The van der Waals surface area contributed by atoms with E-state index in [1.807, 2.05) is 0 Å². The van der Waals surface area contributed by atoms with E-state index >= 15 is 0 Å². The van der Waals surface area contributed by atoms with Gasteiger partial charge < -0.3 is 10.6 Å². The van der Waals surface area contributed by atoms with Crippen molar-refractivity contribution in [2.45, 2.75) is 12.6 Å². The lowest BCUT2D eigenvalue weighted by molar-refractivity contribution is -0.213. The fourth-order valence-electron chi connectivity index (χ4n) is 2.13. The first-order valence-corrected chi connectivity index (χ1v) is 6.17. The largest absolute Gasteiger partial charge is 0.404 e. The first kappa shape index (κ1) is 15.1. The Labute approximate surface area is 117 Å². The Kier molecular flexibility index (Phi) is 3.93. The highest BCUT2D eigenvalue weighted by Gasteiger charge is 2.61. The molecule has 1 aromatic carbocycles. The van der Waals surface area contributed by atoms with Crippen molar-refractivity contribution in [3.8, 4) is 0 Å². The standard InChI is InChI=1S/C12H11ClF4N2O/c13-7-3-8(14)5-9(4-7)19-10(20)11(12(15,16)17)1-2-18-6-11/h3-5,18H,1-2,6H2,(H,19,20). The third kappa shape index (κ3) is 2.73. The van der Waals surface area contributed by atoms with Gasteiger partial charge in [0.15, 0.2) is 5.41 Å². The molecule has 1 fully saturated rings. The van der Waals surface area contributed by atoms with Crippen LogP contribution in [0.15, 0.2) is 18.2 Å². The number of rotatable bonds is 2. The third-order valence-electron chi connectivity index (χ3n) is 3.25. The molecule has 0 spiro atoms. The van der Waals surface area contributed by atoms with Gasteiger partial charge in [0.05, 0.1) is 0 Å². The Bertz CT molecular complexity index is 506. The van der Waals surface area contributed by atoms with Crippen LogP contribution in [0.25, 0.3) is 0 Å². The Balaban J connectivity index is 2.26. The smallest absolute Gasteiger partial charge is 0.325 e. The SMILES string of the molecule is O=C(Nc1cc(F)cc(Cl)c1)C1(C(F)(F)F)CCNC1. The number of halogens is 5. The molecule has 1 atom stereocenters. The maximum atomic E-state index is 13.1. The minimum Gasteiger partial charge on any atom is -0.325 e.